The van der Waals surface area contributed by atoms with Gasteiger partial charge in [-0.3, -0.25) is 19.3 Å². The van der Waals surface area contributed by atoms with Crippen LogP contribution in [-0.4, -0.2) is 83.8 Å². The molecule has 0 radical (unpaired) electrons. The molecule has 1 aromatic rings. The summed E-state index contributed by atoms with van der Waals surface area (Å²) in [5.74, 6) is -0.679. The first-order valence-corrected chi connectivity index (χ1v) is 8.42. The number of hydrogen-bond acceptors (Lipinski definition) is 5. The van der Waals surface area contributed by atoms with E-state index in [4.69, 9.17) is 19.7 Å². The maximum absolute atomic E-state index is 12.9. The van der Waals surface area contributed by atoms with Crippen molar-refractivity contribution in [3.8, 4) is 0 Å². The fourth-order valence-electron chi connectivity index (χ4n) is 3.37. The van der Waals surface area contributed by atoms with E-state index in [9.17, 15) is 9.59 Å². The Labute approximate surface area is 152 Å². The Morgan fingerprint density at radius 3 is 2.46 bits per heavy atom. The van der Waals surface area contributed by atoms with Crippen molar-refractivity contribution in [2.24, 2.45) is 5.92 Å². The SMILES string of the molecule is Cc1ccc(C(=O)N2C[C@H]3COC[C@@H]2CN(CC(=O)O)C3)cc1.O=CO. The Balaban J connectivity index is 0.000000758. The monoisotopic (exact) mass is 364 g/mol. The van der Waals surface area contributed by atoms with E-state index in [2.05, 4.69) is 0 Å². The fraction of sp³-hybridized carbons (Fsp3) is 0.500. The molecule has 0 aliphatic carbocycles. The second kappa shape index (κ2) is 9.30. The van der Waals surface area contributed by atoms with Crippen molar-refractivity contribution in [1.82, 2.24) is 9.80 Å². The van der Waals surface area contributed by atoms with Gasteiger partial charge in [0.05, 0.1) is 25.8 Å². The molecular formula is C18H24N2O6. The fourth-order valence-corrected chi connectivity index (χ4v) is 3.37. The molecule has 0 unspecified atom stereocenters. The van der Waals surface area contributed by atoms with Crippen LogP contribution in [-0.2, 0) is 14.3 Å². The molecule has 1 amide bonds. The number of rotatable bonds is 3. The lowest BCUT2D eigenvalue weighted by Crippen LogP contribution is -2.47. The Kier molecular flexibility index (Phi) is 7.11. The summed E-state index contributed by atoms with van der Waals surface area (Å²) in [6.45, 7) is 4.60. The summed E-state index contributed by atoms with van der Waals surface area (Å²) in [6, 6.07) is 7.47. The van der Waals surface area contributed by atoms with Gasteiger partial charge in [-0.2, -0.15) is 0 Å². The Morgan fingerprint density at radius 2 is 1.85 bits per heavy atom. The van der Waals surface area contributed by atoms with Crippen molar-refractivity contribution in [3.63, 3.8) is 0 Å². The average molecular weight is 364 g/mol. The number of ether oxygens (including phenoxy) is 1. The van der Waals surface area contributed by atoms with E-state index in [1.54, 1.807) is 0 Å². The van der Waals surface area contributed by atoms with Crippen LogP contribution in [0.5, 0.6) is 0 Å². The molecule has 8 nitrogen and oxygen atoms in total. The number of carbonyl (C=O) groups is 3. The number of carboxylic acid groups (broad SMARTS) is 2. The zero-order valence-electron chi connectivity index (χ0n) is 14.7. The number of carbonyl (C=O) groups excluding carboxylic acids is 1. The quantitative estimate of drug-likeness (QED) is 0.754. The molecule has 26 heavy (non-hydrogen) atoms. The smallest absolute Gasteiger partial charge is 0.317 e. The second-order valence-corrected chi connectivity index (χ2v) is 6.57. The summed E-state index contributed by atoms with van der Waals surface area (Å²) < 4.78 is 5.68. The molecule has 142 valence electrons. The zero-order valence-corrected chi connectivity index (χ0v) is 14.7. The van der Waals surface area contributed by atoms with Crippen molar-refractivity contribution in [2.45, 2.75) is 13.0 Å². The van der Waals surface area contributed by atoms with Crippen LogP contribution < -0.4 is 0 Å². The normalized spacial score (nSPS) is 22.6. The van der Waals surface area contributed by atoms with E-state index < -0.39 is 5.97 Å². The van der Waals surface area contributed by atoms with Gasteiger partial charge < -0.3 is 19.8 Å². The molecule has 2 saturated heterocycles. The number of carboxylic acids is 1. The van der Waals surface area contributed by atoms with Gasteiger partial charge in [0, 0.05) is 31.1 Å². The van der Waals surface area contributed by atoms with Crippen molar-refractivity contribution >= 4 is 18.3 Å². The summed E-state index contributed by atoms with van der Waals surface area (Å²) in [6.07, 6.45) is 0. The molecule has 2 heterocycles. The summed E-state index contributed by atoms with van der Waals surface area (Å²) in [4.78, 5) is 36.0. The lowest BCUT2D eigenvalue weighted by Gasteiger charge is -2.30. The van der Waals surface area contributed by atoms with Crippen LogP contribution in [0.25, 0.3) is 0 Å². The average Bonchev–Trinajstić information content (AvgIpc) is 2.86. The Morgan fingerprint density at radius 1 is 1.19 bits per heavy atom. The van der Waals surface area contributed by atoms with Crippen LogP contribution >= 0.6 is 0 Å². The number of aliphatic carboxylic acids is 1. The van der Waals surface area contributed by atoms with E-state index in [1.807, 2.05) is 41.0 Å². The van der Waals surface area contributed by atoms with Gasteiger partial charge in [0.15, 0.2) is 0 Å². The van der Waals surface area contributed by atoms with Gasteiger partial charge in [-0.15, -0.1) is 0 Å². The van der Waals surface area contributed by atoms with Crippen LogP contribution in [0.4, 0.5) is 0 Å². The number of amides is 1. The molecular weight excluding hydrogens is 340 g/mol. The van der Waals surface area contributed by atoms with Gasteiger partial charge in [-0.05, 0) is 19.1 Å². The molecule has 0 saturated carbocycles. The van der Waals surface area contributed by atoms with Gasteiger partial charge in [-0.25, -0.2) is 0 Å². The van der Waals surface area contributed by atoms with Crippen molar-refractivity contribution in [3.05, 3.63) is 35.4 Å². The summed E-state index contributed by atoms with van der Waals surface area (Å²) in [5, 5.41) is 15.9. The predicted molar refractivity (Wildman–Crippen MR) is 93.1 cm³/mol. The number of benzene rings is 1. The van der Waals surface area contributed by atoms with Crippen LogP contribution in [0.3, 0.4) is 0 Å². The van der Waals surface area contributed by atoms with E-state index in [0.717, 1.165) is 5.56 Å². The summed E-state index contributed by atoms with van der Waals surface area (Å²) in [5.41, 5.74) is 1.79. The number of hydrogen-bond donors (Lipinski definition) is 2. The molecule has 2 N–H and O–H groups in total. The Hall–Kier alpha value is -2.45. The molecule has 0 spiro atoms. The summed E-state index contributed by atoms with van der Waals surface area (Å²) >= 11 is 0. The topological polar surface area (TPSA) is 107 Å². The maximum Gasteiger partial charge on any atom is 0.317 e. The highest BCUT2D eigenvalue weighted by molar-refractivity contribution is 5.94. The largest absolute Gasteiger partial charge is 0.483 e. The molecule has 2 fully saturated rings. The van der Waals surface area contributed by atoms with E-state index in [-0.39, 0.29) is 30.9 Å². The molecule has 2 bridgehead atoms. The minimum atomic E-state index is -0.831. The minimum absolute atomic E-state index is 0.00248. The first-order valence-electron chi connectivity index (χ1n) is 8.42. The standard InChI is InChI=1S/C17H22N2O4.CH2O2/c1-12-2-4-14(5-3-12)17(22)19-7-13-6-18(9-16(20)21)8-15(19)11-23-10-13;2-1-3/h2-5,13,15H,6-11H2,1H3,(H,20,21);1H,(H,2,3)/t13-,15-;/m0./s1. The van der Waals surface area contributed by atoms with Crippen LogP contribution in [0, 0.1) is 12.8 Å². The molecule has 0 aromatic heterocycles. The molecule has 2 aliphatic heterocycles. The van der Waals surface area contributed by atoms with Crippen molar-refractivity contribution in [1.29, 1.82) is 0 Å². The van der Waals surface area contributed by atoms with E-state index in [1.165, 1.54) is 0 Å². The molecule has 2 atom stereocenters. The van der Waals surface area contributed by atoms with Crippen LogP contribution in [0.1, 0.15) is 15.9 Å². The minimum Gasteiger partial charge on any atom is -0.483 e. The highest BCUT2D eigenvalue weighted by atomic mass is 16.5. The first kappa shape index (κ1) is 19.9. The maximum atomic E-state index is 12.9. The second-order valence-electron chi connectivity index (χ2n) is 6.57. The molecule has 8 heteroatoms. The highest BCUT2D eigenvalue weighted by Crippen LogP contribution is 2.22. The third kappa shape index (κ3) is 5.27. The third-order valence-electron chi connectivity index (χ3n) is 4.46. The number of fused-ring (bicyclic) bond motifs is 3. The van der Waals surface area contributed by atoms with Crippen LogP contribution in [0.2, 0.25) is 0 Å². The Bertz CT molecular complexity index is 633. The van der Waals surface area contributed by atoms with Gasteiger partial charge in [0.25, 0.3) is 12.4 Å². The van der Waals surface area contributed by atoms with Gasteiger partial charge in [-0.1, -0.05) is 17.7 Å². The van der Waals surface area contributed by atoms with Crippen molar-refractivity contribution in [2.75, 3.05) is 39.4 Å². The van der Waals surface area contributed by atoms with Crippen molar-refractivity contribution < 1.29 is 29.3 Å². The van der Waals surface area contributed by atoms with Gasteiger partial charge in [0.1, 0.15) is 0 Å². The summed E-state index contributed by atoms with van der Waals surface area (Å²) in [7, 11) is 0. The lowest BCUT2D eigenvalue weighted by molar-refractivity contribution is -0.138. The first-order chi connectivity index (χ1) is 12.4. The highest BCUT2D eigenvalue weighted by Gasteiger charge is 2.36. The predicted octanol–water partition coefficient (Wildman–Crippen LogP) is 0.553. The van der Waals surface area contributed by atoms with E-state index >= 15 is 0 Å². The van der Waals surface area contributed by atoms with E-state index in [0.29, 0.717) is 38.4 Å². The number of nitrogens with zero attached hydrogens (tertiary/aromatic N) is 2. The molecule has 1 aromatic carbocycles. The van der Waals surface area contributed by atoms with Gasteiger partial charge in [0.2, 0.25) is 0 Å². The molecule has 2 aliphatic rings. The molecule has 3 rings (SSSR count). The zero-order chi connectivity index (χ0) is 19.1. The van der Waals surface area contributed by atoms with Gasteiger partial charge >= 0.3 is 5.97 Å². The lowest BCUT2D eigenvalue weighted by atomic mass is 10.1. The third-order valence-corrected chi connectivity index (χ3v) is 4.46. The van der Waals surface area contributed by atoms with Crippen LogP contribution in [0.15, 0.2) is 24.3 Å². The number of aryl methyl sites for hydroxylation is 1.